The molecule has 32 heavy (non-hydrogen) atoms. The summed E-state index contributed by atoms with van der Waals surface area (Å²) in [5.74, 6) is 1.20. The number of nitrogens with zero attached hydrogens (tertiary/aromatic N) is 1. The molecule has 1 aromatic heterocycles. The van der Waals surface area contributed by atoms with Crippen molar-refractivity contribution in [3.05, 3.63) is 93.6 Å². The number of rotatable bonds is 3. The van der Waals surface area contributed by atoms with E-state index in [1.54, 1.807) is 36.3 Å². The summed E-state index contributed by atoms with van der Waals surface area (Å²) >= 11 is 12.2. The third-order valence-electron chi connectivity index (χ3n) is 5.77. The second kappa shape index (κ2) is 8.41. The second-order valence-electron chi connectivity index (χ2n) is 7.65. The number of aromatic amines is 1. The number of carbonyl (C=O) groups is 1. The summed E-state index contributed by atoms with van der Waals surface area (Å²) in [7, 11) is 1.63. The highest BCUT2D eigenvalue weighted by molar-refractivity contribution is 6.31. The number of aromatic nitrogens is 1. The predicted molar refractivity (Wildman–Crippen MR) is 126 cm³/mol. The Hall–Kier alpha value is -3.15. The van der Waals surface area contributed by atoms with Crippen molar-refractivity contribution in [2.24, 2.45) is 0 Å². The minimum absolute atomic E-state index is 0.337. The van der Waals surface area contributed by atoms with Gasteiger partial charge in [-0.1, -0.05) is 35.3 Å². The van der Waals surface area contributed by atoms with Gasteiger partial charge in [-0.25, -0.2) is 4.79 Å². The first-order chi connectivity index (χ1) is 15.5. The van der Waals surface area contributed by atoms with Crippen molar-refractivity contribution in [1.82, 2.24) is 9.88 Å². The molecule has 3 aromatic carbocycles. The number of halogens is 2. The van der Waals surface area contributed by atoms with Gasteiger partial charge in [-0.15, -0.1) is 0 Å². The van der Waals surface area contributed by atoms with Crippen LogP contribution in [0.1, 0.15) is 22.9 Å². The monoisotopic (exact) mass is 466 g/mol. The van der Waals surface area contributed by atoms with E-state index in [-0.39, 0.29) is 6.04 Å². The first-order valence-electron chi connectivity index (χ1n) is 10.2. The highest BCUT2D eigenvalue weighted by atomic mass is 35.5. The largest absolute Gasteiger partial charge is 0.497 e. The Bertz CT molecular complexity index is 1280. The first kappa shape index (κ1) is 20.7. The van der Waals surface area contributed by atoms with Gasteiger partial charge in [0.2, 0.25) is 0 Å². The minimum atomic E-state index is -0.421. The zero-order valence-corrected chi connectivity index (χ0v) is 18.8. The molecule has 5 nitrogen and oxygen atoms in total. The molecule has 5 rings (SSSR count). The van der Waals surface area contributed by atoms with Gasteiger partial charge < -0.3 is 14.5 Å². The molecule has 7 heteroatoms. The van der Waals surface area contributed by atoms with Crippen LogP contribution in [0.5, 0.6) is 11.5 Å². The van der Waals surface area contributed by atoms with Crippen LogP contribution in [0.2, 0.25) is 10.0 Å². The first-order valence-corrected chi connectivity index (χ1v) is 11.0. The van der Waals surface area contributed by atoms with Crippen molar-refractivity contribution in [3.8, 4) is 11.5 Å². The van der Waals surface area contributed by atoms with Crippen molar-refractivity contribution < 1.29 is 14.3 Å². The topological polar surface area (TPSA) is 54.6 Å². The Balaban J connectivity index is 1.57. The highest BCUT2D eigenvalue weighted by Crippen LogP contribution is 2.40. The summed E-state index contributed by atoms with van der Waals surface area (Å²) < 4.78 is 11.0. The third-order valence-corrected chi connectivity index (χ3v) is 6.26. The molecule has 0 bridgehead atoms. The van der Waals surface area contributed by atoms with Crippen molar-refractivity contribution in [1.29, 1.82) is 0 Å². The van der Waals surface area contributed by atoms with Gasteiger partial charge >= 0.3 is 6.09 Å². The zero-order valence-electron chi connectivity index (χ0n) is 17.3. The molecular formula is C25H20Cl2N2O3. The van der Waals surface area contributed by atoms with Gasteiger partial charge in [0.15, 0.2) is 0 Å². The lowest BCUT2D eigenvalue weighted by molar-refractivity contribution is 0.135. The number of methoxy groups -OCH3 is 1. The van der Waals surface area contributed by atoms with Crippen molar-refractivity contribution in [2.75, 3.05) is 13.7 Å². The number of amides is 1. The molecule has 1 N–H and O–H groups in total. The Morgan fingerprint density at radius 3 is 2.38 bits per heavy atom. The van der Waals surface area contributed by atoms with E-state index < -0.39 is 6.09 Å². The number of hydrogen-bond acceptors (Lipinski definition) is 3. The molecule has 1 unspecified atom stereocenters. The number of carbonyl (C=O) groups excluding carboxylic acids is 1. The van der Waals surface area contributed by atoms with Gasteiger partial charge in [-0.2, -0.15) is 0 Å². The van der Waals surface area contributed by atoms with E-state index in [1.165, 1.54) is 5.56 Å². The van der Waals surface area contributed by atoms with Gasteiger partial charge in [-0.05, 0) is 72.1 Å². The van der Waals surface area contributed by atoms with Crippen LogP contribution in [0.4, 0.5) is 4.79 Å². The lowest BCUT2D eigenvalue weighted by atomic mass is 9.92. The van der Waals surface area contributed by atoms with E-state index in [0.29, 0.717) is 28.8 Å². The number of H-pyrrole nitrogens is 1. The van der Waals surface area contributed by atoms with Gasteiger partial charge in [0.05, 0.1) is 7.11 Å². The van der Waals surface area contributed by atoms with E-state index in [2.05, 4.69) is 4.98 Å². The van der Waals surface area contributed by atoms with Gasteiger partial charge in [-0.3, -0.25) is 4.90 Å². The van der Waals surface area contributed by atoms with Crippen molar-refractivity contribution in [2.45, 2.75) is 12.5 Å². The van der Waals surface area contributed by atoms with E-state index in [1.807, 2.05) is 42.5 Å². The fraction of sp³-hybridized carbons (Fsp3) is 0.160. The van der Waals surface area contributed by atoms with Crippen LogP contribution < -0.4 is 9.47 Å². The van der Waals surface area contributed by atoms with Crippen LogP contribution in [0, 0.1) is 0 Å². The molecule has 4 aromatic rings. The summed E-state index contributed by atoms with van der Waals surface area (Å²) in [6, 6.07) is 20.0. The zero-order chi connectivity index (χ0) is 22.2. The average Bonchev–Trinajstić information content (AvgIpc) is 3.18. The summed E-state index contributed by atoms with van der Waals surface area (Å²) in [6.45, 7) is 0.510. The maximum absolute atomic E-state index is 13.2. The van der Waals surface area contributed by atoms with Gasteiger partial charge in [0, 0.05) is 33.2 Å². The molecule has 1 aliphatic rings. The molecular weight excluding hydrogens is 447 g/mol. The lowest BCUT2D eigenvalue weighted by Gasteiger charge is -2.35. The SMILES string of the molecule is COc1ccc(C2c3[nH]c4ccc(Cl)cc4c3CCN2C(=O)Oc2ccc(Cl)cc2)cc1. The molecule has 1 amide bonds. The minimum Gasteiger partial charge on any atom is -0.497 e. The predicted octanol–water partition coefficient (Wildman–Crippen LogP) is 6.63. The molecule has 162 valence electrons. The molecule has 0 aliphatic carbocycles. The Morgan fingerprint density at radius 1 is 0.969 bits per heavy atom. The van der Waals surface area contributed by atoms with E-state index >= 15 is 0 Å². The van der Waals surface area contributed by atoms with Gasteiger partial charge in [0.1, 0.15) is 17.5 Å². The summed E-state index contributed by atoms with van der Waals surface area (Å²) in [5.41, 5.74) is 4.08. The van der Waals surface area contributed by atoms with E-state index in [4.69, 9.17) is 32.7 Å². The molecule has 0 saturated heterocycles. The van der Waals surface area contributed by atoms with Gasteiger partial charge in [0.25, 0.3) is 0 Å². The number of benzene rings is 3. The Kier molecular flexibility index (Phi) is 5.45. The number of hydrogen-bond donors (Lipinski definition) is 1. The number of ether oxygens (including phenoxy) is 2. The fourth-order valence-electron chi connectivity index (χ4n) is 4.25. The summed E-state index contributed by atoms with van der Waals surface area (Å²) in [4.78, 5) is 18.5. The van der Waals surface area contributed by atoms with Crippen LogP contribution in [0.3, 0.4) is 0 Å². The van der Waals surface area contributed by atoms with Crippen molar-refractivity contribution >= 4 is 40.2 Å². The highest BCUT2D eigenvalue weighted by Gasteiger charge is 2.35. The van der Waals surface area contributed by atoms with E-state index in [0.717, 1.165) is 27.9 Å². The third kappa shape index (κ3) is 3.78. The standard InChI is InChI=1S/C25H20Cl2N2O3/c1-31-18-7-2-15(3-8-18)24-23-20(21-14-17(27)6-11-22(21)28-23)12-13-29(24)25(30)32-19-9-4-16(26)5-10-19/h2-11,14,24,28H,12-13H2,1H3. The van der Waals surface area contributed by atoms with Crippen LogP contribution in [-0.4, -0.2) is 29.6 Å². The lowest BCUT2D eigenvalue weighted by Crippen LogP contribution is -2.42. The molecule has 1 aliphatic heterocycles. The number of fused-ring (bicyclic) bond motifs is 3. The maximum Gasteiger partial charge on any atom is 0.416 e. The molecule has 0 saturated carbocycles. The smallest absolute Gasteiger partial charge is 0.416 e. The average molecular weight is 467 g/mol. The van der Waals surface area contributed by atoms with Crippen LogP contribution in [0.15, 0.2) is 66.7 Å². The molecule has 2 heterocycles. The quantitative estimate of drug-likeness (QED) is 0.368. The summed E-state index contributed by atoms with van der Waals surface area (Å²) in [6.07, 6.45) is 0.272. The number of nitrogens with one attached hydrogen (secondary N) is 1. The molecule has 1 atom stereocenters. The summed E-state index contributed by atoms with van der Waals surface area (Å²) in [5, 5.41) is 2.35. The van der Waals surface area contributed by atoms with Crippen LogP contribution in [0.25, 0.3) is 10.9 Å². The second-order valence-corrected chi connectivity index (χ2v) is 8.52. The van der Waals surface area contributed by atoms with Crippen molar-refractivity contribution in [3.63, 3.8) is 0 Å². The molecule has 0 radical (unpaired) electrons. The molecule has 0 fully saturated rings. The fourth-order valence-corrected chi connectivity index (χ4v) is 4.55. The molecule has 0 spiro atoms. The van der Waals surface area contributed by atoms with Crippen LogP contribution >= 0.6 is 23.2 Å². The normalized spacial score (nSPS) is 15.5. The maximum atomic E-state index is 13.2. The Labute approximate surface area is 195 Å². The van der Waals surface area contributed by atoms with E-state index in [9.17, 15) is 4.79 Å². The Morgan fingerprint density at radius 2 is 1.66 bits per heavy atom. The van der Waals surface area contributed by atoms with Crippen LogP contribution in [-0.2, 0) is 6.42 Å².